The maximum atomic E-state index is 12.1. The summed E-state index contributed by atoms with van der Waals surface area (Å²) < 4.78 is 24.8. The van der Waals surface area contributed by atoms with Gasteiger partial charge in [-0.15, -0.1) is 0 Å². The minimum atomic E-state index is -3.88. The Morgan fingerprint density at radius 2 is 2.05 bits per heavy atom. The lowest BCUT2D eigenvalue weighted by molar-refractivity contribution is -0.151. The zero-order chi connectivity index (χ0) is 14.0. The van der Waals surface area contributed by atoms with E-state index in [-0.39, 0.29) is 23.4 Å². The first-order chi connectivity index (χ1) is 8.98. The Morgan fingerprint density at radius 3 is 2.68 bits per heavy atom. The molecule has 0 fully saturated rings. The van der Waals surface area contributed by atoms with Crippen molar-refractivity contribution in [1.29, 1.82) is 0 Å². The van der Waals surface area contributed by atoms with Crippen LogP contribution < -0.4 is 11.4 Å². The van der Waals surface area contributed by atoms with Crippen molar-refractivity contribution >= 4 is 21.9 Å². The number of hydrogen-bond donors (Lipinski definition) is 2. The number of nitrogens with zero attached hydrogens (tertiary/aromatic N) is 1. The van der Waals surface area contributed by atoms with Crippen molar-refractivity contribution in [2.75, 3.05) is 6.54 Å². The standard InChI is InChI=1S/C10H11N3O5S/c11-12-18-9(14)5-6-13-10(15)7-3-1-2-4-8(7)19(13,16)17/h1-4,12H,5-6,11H2. The van der Waals surface area contributed by atoms with Crippen LogP contribution in [0.2, 0.25) is 0 Å². The number of amides is 1. The van der Waals surface area contributed by atoms with E-state index in [0.29, 0.717) is 4.31 Å². The van der Waals surface area contributed by atoms with E-state index >= 15 is 0 Å². The molecule has 0 bridgehead atoms. The fourth-order valence-electron chi connectivity index (χ4n) is 1.76. The molecule has 0 atom stereocenters. The molecule has 0 saturated carbocycles. The lowest BCUT2D eigenvalue weighted by Gasteiger charge is -2.13. The van der Waals surface area contributed by atoms with Gasteiger partial charge in [0.15, 0.2) is 0 Å². The van der Waals surface area contributed by atoms with Crippen molar-refractivity contribution in [1.82, 2.24) is 9.89 Å². The molecule has 0 spiro atoms. The number of carbonyl (C=O) groups excluding carboxylic acids is 2. The molecule has 3 N–H and O–H groups in total. The van der Waals surface area contributed by atoms with Crippen LogP contribution in [0, 0.1) is 0 Å². The second kappa shape index (κ2) is 4.96. The lowest BCUT2D eigenvalue weighted by atomic mass is 10.2. The molecular weight excluding hydrogens is 274 g/mol. The zero-order valence-electron chi connectivity index (χ0n) is 9.70. The first-order valence-corrected chi connectivity index (χ1v) is 6.74. The molecule has 1 amide bonds. The number of nitrogens with one attached hydrogen (secondary N) is 1. The van der Waals surface area contributed by atoms with Gasteiger partial charge < -0.3 is 4.84 Å². The number of sulfonamides is 1. The molecule has 0 saturated heterocycles. The molecule has 1 aliphatic heterocycles. The molecule has 19 heavy (non-hydrogen) atoms. The van der Waals surface area contributed by atoms with Gasteiger partial charge in [0.25, 0.3) is 15.9 Å². The second-order valence-electron chi connectivity index (χ2n) is 3.72. The number of benzene rings is 1. The highest BCUT2D eigenvalue weighted by Gasteiger charge is 2.40. The quantitative estimate of drug-likeness (QED) is 0.546. The minimum Gasteiger partial charge on any atom is -0.356 e. The monoisotopic (exact) mass is 285 g/mol. The van der Waals surface area contributed by atoms with Crippen LogP contribution in [0.1, 0.15) is 16.8 Å². The fraction of sp³-hybridized carbons (Fsp3) is 0.200. The van der Waals surface area contributed by atoms with Crippen molar-refractivity contribution < 1.29 is 22.8 Å². The van der Waals surface area contributed by atoms with E-state index in [0.717, 1.165) is 0 Å². The smallest absolute Gasteiger partial charge is 0.328 e. The van der Waals surface area contributed by atoms with Crippen molar-refractivity contribution in [2.45, 2.75) is 11.3 Å². The van der Waals surface area contributed by atoms with Crippen molar-refractivity contribution in [2.24, 2.45) is 5.84 Å². The summed E-state index contributed by atoms with van der Waals surface area (Å²) in [7, 11) is -3.88. The van der Waals surface area contributed by atoms with Crippen LogP contribution in [0.25, 0.3) is 0 Å². The van der Waals surface area contributed by atoms with E-state index in [1.54, 1.807) is 11.7 Å². The Morgan fingerprint density at radius 1 is 1.37 bits per heavy atom. The van der Waals surface area contributed by atoms with Gasteiger partial charge in [-0.05, 0) is 12.1 Å². The Bertz CT molecular complexity index is 628. The normalized spacial score (nSPS) is 16.3. The highest BCUT2D eigenvalue weighted by atomic mass is 32.2. The molecule has 0 aromatic heterocycles. The number of carbonyl (C=O) groups is 2. The number of hydrazine groups is 1. The van der Waals surface area contributed by atoms with Crippen LogP contribution >= 0.6 is 0 Å². The van der Waals surface area contributed by atoms with Gasteiger partial charge in [0.1, 0.15) is 4.90 Å². The highest BCUT2D eigenvalue weighted by molar-refractivity contribution is 7.90. The summed E-state index contributed by atoms with van der Waals surface area (Å²) in [5.41, 5.74) is 1.79. The summed E-state index contributed by atoms with van der Waals surface area (Å²) in [5.74, 6) is 3.36. The predicted octanol–water partition coefficient (Wildman–Crippen LogP) is -0.857. The number of nitrogens with two attached hydrogens (primary N) is 1. The fourth-order valence-corrected chi connectivity index (χ4v) is 3.33. The van der Waals surface area contributed by atoms with Gasteiger partial charge in [0.2, 0.25) is 0 Å². The van der Waals surface area contributed by atoms with Crippen LogP contribution in [0.4, 0.5) is 0 Å². The van der Waals surface area contributed by atoms with Crippen LogP contribution in [-0.2, 0) is 19.7 Å². The zero-order valence-corrected chi connectivity index (χ0v) is 10.5. The Hall–Kier alpha value is -1.97. The van der Waals surface area contributed by atoms with Gasteiger partial charge >= 0.3 is 5.97 Å². The summed E-state index contributed by atoms with van der Waals surface area (Å²) in [4.78, 5) is 27.2. The van der Waals surface area contributed by atoms with E-state index in [1.807, 2.05) is 0 Å². The first-order valence-electron chi connectivity index (χ1n) is 5.30. The number of rotatable bonds is 4. The van der Waals surface area contributed by atoms with Gasteiger partial charge in [0.05, 0.1) is 12.0 Å². The maximum Gasteiger partial charge on any atom is 0.328 e. The summed E-state index contributed by atoms with van der Waals surface area (Å²) >= 11 is 0. The molecule has 8 nitrogen and oxygen atoms in total. The molecule has 1 aromatic rings. The molecule has 0 radical (unpaired) electrons. The molecule has 0 unspecified atom stereocenters. The third-order valence-corrected chi connectivity index (χ3v) is 4.44. The van der Waals surface area contributed by atoms with E-state index in [1.165, 1.54) is 18.2 Å². The Balaban J connectivity index is 2.21. The number of fused-ring (bicyclic) bond motifs is 1. The van der Waals surface area contributed by atoms with E-state index < -0.39 is 21.9 Å². The van der Waals surface area contributed by atoms with Crippen molar-refractivity contribution in [3.05, 3.63) is 29.8 Å². The average Bonchev–Trinajstić information content (AvgIpc) is 2.57. The van der Waals surface area contributed by atoms with Crippen LogP contribution in [0.15, 0.2) is 29.2 Å². The third kappa shape index (κ3) is 2.30. The SMILES string of the molecule is NNOC(=O)CCN1C(=O)c2ccccc2S1(=O)=O. The van der Waals surface area contributed by atoms with Crippen LogP contribution in [-0.4, -0.2) is 31.1 Å². The first kappa shape index (κ1) is 13.5. The van der Waals surface area contributed by atoms with Gasteiger partial charge in [-0.3, -0.25) is 9.59 Å². The lowest BCUT2D eigenvalue weighted by Crippen LogP contribution is -2.34. The number of hydrogen-bond acceptors (Lipinski definition) is 7. The minimum absolute atomic E-state index is 0.0506. The summed E-state index contributed by atoms with van der Waals surface area (Å²) in [6.45, 7) is -0.295. The Kier molecular flexibility index (Phi) is 3.51. The molecule has 9 heteroatoms. The van der Waals surface area contributed by atoms with Gasteiger partial charge in [-0.25, -0.2) is 18.6 Å². The average molecular weight is 285 g/mol. The molecular formula is C10H11N3O5S. The molecule has 0 aliphatic carbocycles. The Labute approximate surface area is 109 Å². The van der Waals surface area contributed by atoms with Crippen molar-refractivity contribution in [3.63, 3.8) is 0 Å². The molecule has 1 aromatic carbocycles. The molecule has 1 heterocycles. The van der Waals surface area contributed by atoms with E-state index in [2.05, 4.69) is 4.84 Å². The molecule has 102 valence electrons. The molecule has 1 aliphatic rings. The van der Waals surface area contributed by atoms with Gasteiger partial charge in [0, 0.05) is 6.54 Å². The van der Waals surface area contributed by atoms with Crippen LogP contribution in [0.3, 0.4) is 0 Å². The van der Waals surface area contributed by atoms with Crippen LogP contribution in [0.5, 0.6) is 0 Å². The molecule has 2 rings (SSSR count). The van der Waals surface area contributed by atoms with E-state index in [9.17, 15) is 18.0 Å². The van der Waals surface area contributed by atoms with Crippen molar-refractivity contribution in [3.8, 4) is 0 Å². The van der Waals surface area contributed by atoms with Gasteiger partial charge in [-0.2, -0.15) is 0 Å². The van der Waals surface area contributed by atoms with E-state index in [4.69, 9.17) is 5.84 Å². The predicted molar refractivity (Wildman–Crippen MR) is 62.7 cm³/mol. The third-order valence-electron chi connectivity index (χ3n) is 2.60. The maximum absolute atomic E-state index is 12.1. The summed E-state index contributed by atoms with van der Waals surface area (Å²) in [6, 6.07) is 5.87. The summed E-state index contributed by atoms with van der Waals surface area (Å²) in [6.07, 6.45) is -0.289. The second-order valence-corrected chi connectivity index (χ2v) is 5.55. The largest absolute Gasteiger partial charge is 0.356 e. The highest BCUT2D eigenvalue weighted by Crippen LogP contribution is 2.29. The topological polar surface area (TPSA) is 119 Å². The van der Waals surface area contributed by atoms with Gasteiger partial charge in [-0.1, -0.05) is 17.7 Å². The summed E-state index contributed by atoms with van der Waals surface area (Å²) in [5, 5.41) is 0.